The average molecular weight is 282 g/mol. The third-order valence-corrected chi connectivity index (χ3v) is 2.94. The smallest absolute Gasteiger partial charge is 0.339 e. The number of carboxylic acid groups (broad SMARTS) is 1. The molecule has 2 atom stereocenters. The topological polar surface area (TPSA) is 104 Å². The minimum Gasteiger partial charge on any atom is -0.479 e. The Balaban J connectivity index is 2.89. The number of rotatable bonds is 5. The molecule has 20 heavy (non-hydrogen) atoms. The first-order chi connectivity index (χ1) is 9.16. The van der Waals surface area contributed by atoms with Gasteiger partial charge in [0.05, 0.1) is 0 Å². The Morgan fingerprint density at radius 1 is 1.15 bits per heavy atom. The highest BCUT2D eigenvalue weighted by Crippen LogP contribution is 2.28. The molecular formula is C14H18O6. The maximum Gasteiger partial charge on any atom is 0.339 e. The molecule has 0 aliphatic rings. The van der Waals surface area contributed by atoms with Gasteiger partial charge in [-0.05, 0) is 31.9 Å². The molecule has 3 N–H and O–H groups in total. The first-order valence-corrected chi connectivity index (χ1v) is 6.04. The Bertz CT molecular complexity index is 508. The van der Waals surface area contributed by atoms with Crippen LogP contribution in [0, 0.1) is 6.92 Å². The van der Waals surface area contributed by atoms with Crippen molar-refractivity contribution in [3.8, 4) is 0 Å². The maximum absolute atomic E-state index is 11.7. The van der Waals surface area contributed by atoms with Gasteiger partial charge >= 0.3 is 11.9 Å². The van der Waals surface area contributed by atoms with Crippen LogP contribution in [0.4, 0.5) is 0 Å². The summed E-state index contributed by atoms with van der Waals surface area (Å²) in [6, 6.07) is 7.22. The van der Waals surface area contributed by atoms with Crippen molar-refractivity contribution in [1.82, 2.24) is 0 Å². The average Bonchev–Trinajstić information content (AvgIpc) is 2.36. The number of aryl methyl sites for hydroxylation is 1. The number of carbonyl (C=O) groups excluding carboxylic acids is 1. The molecule has 0 spiro atoms. The lowest BCUT2D eigenvalue weighted by molar-refractivity contribution is -0.179. The Morgan fingerprint density at radius 3 is 2.20 bits per heavy atom. The van der Waals surface area contributed by atoms with Gasteiger partial charge in [0.25, 0.3) is 0 Å². The molecule has 0 aliphatic heterocycles. The summed E-state index contributed by atoms with van der Waals surface area (Å²) < 4.78 is 5.13. The SMILES string of the molecule is Cc1ccccc1C(C)(C)OC(=O)C(O)C(O)C(=O)O. The van der Waals surface area contributed by atoms with Crippen molar-refractivity contribution in [2.75, 3.05) is 0 Å². The van der Waals surface area contributed by atoms with Crippen molar-refractivity contribution < 1.29 is 29.6 Å². The zero-order valence-corrected chi connectivity index (χ0v) is 11.5. The number of carbonyl (C=O) groups is 2. The molecule has 0 heterocycles. The lowest BCUT2D eigenvalue weighted by Gasteiger charge is -2.28. The first-order valence-electron chi connectivity index (χ1n) is 6.04. The molecule has 110 valence electrons. The van der Waals surface area contributed by atoms with Crippen LogP contribution < -0.4 is 0 Å². The maximum atomic E-state index is 11.7. The number of ether oxygens (including phenoxy) is 1. The van der Waals surface area contributed by atoms with E-state index in [0.29, 0.717) is 0 Å². The fraction of sp³-hybridized carbons (Fsp3) is 0.429. The molecule has 0 saturated carbocycles. The Hall–Kier alpha value is -1.92. The largest absolute Gasteiger partial charge is 0.479 e. The molecule has 2 unspecified atom stereocenters. The van der Waals surface area contributed by atoms with Gasteiger partial charge in [-0.2, -0.15) is 0 Å². The predicted molar refractivity (Wildman–Crippen MR) is 69.9 cm³/mol. The van der Waals surface area contributed by atoms with E-state index in [1.54, 1.807) is 26.0 Å². The third kappa shape index (κ3) is 3.55. The van der Waals surface area contributed by atoms with Crippen LogP contribution in [0.3, 0.4) is 0 Å². The monoisotopic (exact) mass is 282 g/mol. The highest BCUT2D eigenvalue weighted by atomic mass is 16.6. The van der Waals surface area contributed by atoms with E-state index in [-0.39, 0.29) is 0 Å². The van der Waals surface area contributed by atoms with Gasteiger partial charge in [0.2, 0.25) is 0 Å². The van der Waals surface area contributed by atoms with Gasteiger partial charge in [0.15, 0.2) is 12.2 Å². The summed E-state index contributed by atoms with van der Waals surface area (Å²) >= 11 is 0. The van der Waals surface area contributed by atoms with Crippen LogP contribution in [-0.2, 0) is 19.9 Å². The Morgan fingerprint density at radius 2 is 1.70 bits per heavy atom. The molecule has 1 rings (SSSR count). The van der Waals surface area contributed by atoms with Crippen molar-refractivity contribution in [3.05, 3.63) is 35.4 Å². The van der Waals surface area contributed by atoms with Crippen molar-refractivity contribution in [1.29, 1.82) is 0 Å². The normalized spacial score (nSPS) is 14.4. The minimum atomic E-state index is -2.21. The lowest BCUT2D eigenvalue weighted by Crippen LogP contribution is -2.43. The Kier molecular flexibility index (Phi) is 4.86. The van der Waals surface area contributed by atoms with E-state index < -0.39 is 29.7 Å². The number of aliphatic carboxylic acids is 1. The molecule has 0 amide bonds. The predicted octanol–water partition coefficient (Wildman–Crippen LogP) is 0.580. The van der Waals surface area contributed by atoms with Gasteiger partial charge in [-0.15, -0.1) is 0 Å². The van der Waals surface area contributed by atoms with Crippen LogP contribution in [-0.4, -0.2) is 39.5 Å². The molecule has 0 aliphatic carbocycles. The number of benzene rings is 1. The van der Waals surface area contributed by atoms with E-state index in [1.165, 1.54) is 0 Å². The summed E-state index contributed by atoms with van der Waals surface area (Å²) in [6.07, 6.45) is -4.34. The number of aliphatic hydroxyl groups is 2. The van der Waals surface area contributed by atoms with Crippen LogP contribution >= 0.6 is 0 Å². The van der Waals surface area contributed by atoms with Crippen LogP contribution in [0.2, 0.25) is 0 Å². The highest BCUT2D eigenvalue weighted by Gasteiger charge is 2.36. The van der Waals surface area contributed by atoms with E-state index >= 15 is 0 Å². The summed E-state index contributed by atoms with van der Waals surface area (Å²) in [7, 11) is 0. The fourth-order valence-corrected chi connectivity index (χ4v) is 1.88. The molecule has 1 aromatic rings. The van der Waals surface area contributed by atoms with Gasteiger partial charge < -0.3 is 20.1 Å². The van der Waals surface area contributed by atoms with E-state index in [4.69, 9.17) is 14.9 Å². The van der Waals surface area contributed by atoms with E-state index in [0.717, 1.165) is 11.1 Å². The van der Waals surface area contributed by atoms with E-state index in [2.05, 4.69) is 0 Å². The number of hydrogen-bond acceptors (Lipinski definition) is 5. The van der Waals surface area contributed by atoms with Gasteiger partial charge in [-0.3, -0.25) is 0 Å². The van der Waals surface area contributed by atoms with E-state index in [1.807, 2.05) is 19.1 Å². The molecule has 1 aromatic carbocycles. The summed E-state index contributed by atoms with van der Waals surface area (Å²) in [6.45, 7) is 5.08. The standard InChI is InChI=1S/C14H18O6/c1-8-6-4-5-7-9(8)14(2,3)20-13(19)11(16)10(15)12(17)18/h4-7,10-11,15-16H,1-3H3,(H,17,18). The highest BCUT2D eigenvalue weighted by molar-refractivity contribution is 5.84. The first kappa shape index (κ1) is 16.1. The summed E-state index contributed by atoms with van der Waals surface area (Å²) in [5.41, 5.74) is 0.561. The molecule has 0 fully saturated rings. The molecule has 6 nitrogen and oxygen atoms in total. The van der Waals surface area contributed by atoms with Crippen molar-refractivity contribution in [2.45, 2.75) is 38.6 Å². The number of carboxylic acids is 1. The quantitative estimate of drug-likeness (QED) is 0.682. The number of aliphatic hydroxyl groups excluding tert-OH is 2. The molecule has 0 aromatic heterocycles. The van der Waals surface area contributed by atoms with Crippen molar-refractivity contribution in [2.24, 2.45) is 0 Å². The zero-order chi connectivity index (χ0) is 15.5. The summed E-state index contributed by atoms with van der Waals surface area (Å²) in [4.78, 5) is 22.2. The van der Waals surface area contributed by atoms with E-state index in [9.17, 15) is 14.7 Å². The van der Waals surface area contributed by atoms with Crippen molar-refractivity contribution >= 4 is 11.9 Å². The third-order valence-electron chi connectivity index (χ3n) is 2.94. The number of esters is 1. The van der Waals surface area contributed by atoms with Crippen LogP contribution in [0.5, 0.6) is 0 Å². The minimum absolute atomic E-state index is 0.727. The second-order valence-electron chi connectivity index (χ2n) is 4.97. The fourth-order valence-electron chi connectivity index (χ4n) is 1.88. The van der Waals surface area contributed by atoms with Crippen LogP contribution in [0.1, 0.15) is 25.0 Å². The van der Waals surface area contributed by atoms with Gasteiger partial charge in [-0.25, -0.2) is 9.59 Å². The lowest BCUT2D eigenvalue weighted by atomic mass is 9.93. The summed E-state index contributed by atoms with van der Waals surface area (Å²) in [5.74, 6) is -2.88. The summed E-state index contributed by atoms with van der Waals surface area (Å²) in [5, 5.41) is 27.1. The van der Waals surface area contributed by atoms with Gasteiger partial charge in [-0.1, -0.05) is 24.3 Å². The molecular weight excluding hydrogens is 264 g/mol. The molecule has 6 heteroatoms. The number of hydrogen-bond donors (Lipinski definition) is 3. The molecule has 0 radical (unpaired) electrons. The van der Waals surface area contributed by atoms with Crippen LogP contribution in [0.15, 0.2) is 24.3 Å². The second kappa shape index (κ2) is 6.02. The van der Waals surface area contributed by atoms with Gasteiger partial charge in [0.1, 0.15) is 5.60 Å². The molecule has 0 bridgehead atoms. The molecule has 0 saturated heterocycles. The van der Waals surface area contributed by atoms with Gasteiger partial charge in [0, 0.05) is 0 Å². The Labute approximate surface area is 116 Å². The zero-order valence-electron chi connectivity index (χ0n) is 11.5. The van der Waals surface area contributed by atoms with Crippen LogP contribution in [0.25, 0.3) is 0 Å². The second-order valence-corrected chi connectivity index (χ2v) is 4.97. The van der Waals surface area contributed by atoms with Crippen molar-refractivity contribution in [3.63, 3.8) is 0 Å².